The Kier molecular flexibility index (Phi) is 5.15. The highest BCUT2D eigenvalue weighted by molar-refractivity contribution is 5.79. The van der Waals surface area contributed by atoms with E-state index < -0.39 is 11.6 Å². The van der Waals surface area contributed by atoms with Crippen LogP contribution in [0.4, 0.5) is 31.8 Å². The topological polar surface area (TPSA) is 93.4 Å². The minimum Gasteiger partial charge on any atom is -0.469 e. The van der Waals surface area contributed by atoms with Crippen molar-refractivity contribution >= 4 is 29.0 Å². The average molecular weight is 363 g/mol. The van der Waals surface area contributed by atoms with Crippen molar-refractivity contribution in [1.82, 2.24) is 9.97 Å². The molecule has 26 heavy (non-hydrogen) atoms. The van der Waals surface area contributed by atoms with Gasteiger partial charge in [0, 0.05) is 19.2 Å². The Morgan fingerprint density at radius 3 is 2.73 bits per heavy atom. The Bertz CT molecular complexity index is 810. The molecule has 1 aliphatic heterocycles. The molecule has 7 nitrogen and oxygen atoms in total. The standard InChI is InChI=1S/C17H19F2N5O2/c1-26-17(25)10-4-6-24(7-5-10)16-14(20)15(21-9-22-16)23-13-8-11(18)2-3-12(13)19/h2-3,8-10H,4-7,20H2,1H3,(H,21,22,23). The molecule has 0 aliphatic carbocycles. The van der Waals surface area contributed by atoms with E-state index in [0.717, 1.165) is 18.2 Å². The number of carbonyl (C=O) groups is 1. The van der Waals surface area contributed by atoms with Gasteiger partial charge < -0.3 is 20.7 Å². The van der Waals surface area contributed by atoms with Crippen LogP contribution in [0.25, 0.3) is 0 Å². The molecule has 3 N–H and O–H groups in total. The number of ether oxygens (including phenoxy) is 1. The van der Waals surface area contributed by atoms with E-state index in [1.807, 2.05) is 4.90 Å². The van der Waals surface area contributed by atoms with Crippen molar-refractivity contribution in [3.05, 3.63) is 36.2 Å². The molecule has 9 heteroatoms. The quantitative estimate of drug-likeness (QED) is 0.806. The fraction of sp³-hybridized carbons (Fsp3) is 0.353. The van der Waals surface area contributed by atoms with Crippen molar-refractivity contribution in [2.45, 2.75) is 12.8 Å². The van der Waals surface area contributed by atoms with E-state index in [-0.39, 0.29) is 29.1 Å². The van der Waals surface area contributed by atoms with Crippen molar-refractivity contribution in [3.8, 4) is 0 Å². The van der Waals surface area contributed by atoms with Crippen LogP contribution in [0, 0.1) is 17.6 Å². The van der Waals surface area contributed by atoms with Crippen LogP contribution < -0.4 is 16.0 Å². The van der Waals surface area contributed by atoms with Gasteiger partial charge in [-0.2, -0.15) is 0 Å². The molecule has 3 rings (SSSR count). The number of nitrogens with two attached hydrogens (primary N) is 1. The van der Waals surface area contributed by atoms with Crippen molar-refractivity contribution in [1.29, 1.82) is 0 Å². The van der Waals surface area contributed by atoms with Gasteiger partial charge in [0.2, 0.25) is 0 Å². The highest BCUT2D eigenvalue weighted by atomic mass is 19.1. The minimum absolute atomic E-state index is 0.0641. The maximum Gasteiger partial charge on any atom is 0.308 e. The van der Waals surface area contributed by atoms with Gasteiger partial charge in [-0.05, 0) is 25.0 Å². The van der Waals surface area contributed by atoms with Gasteiger partial charge in [-0.3, -0.25) is 4.79 Å². The molecule has 1 saturated heterocycles. The third-order valence-corrected chi connectivity index (χ3v) is 4.37. The molecule has 0 spiro atoms. The van der Waals surface area contributed by atoms with Gasteiger partial charge in [-0.15, -0.1) is 0 Å². The van der Waals surface area contributed by atoms with Crippen molar-refractivity contribution in [2.24, 2.45) is 5.92 Å². The number of rotatable bonds is 4. The number of nitrogen functional groups attached to an aromatic ring is 1. The molecule has 1 fully saturated rings. The summed E-state index contributed by atoms with van der Waals surface area (Å²) in [6.45, 7) is 1.16. The van der Waals surface area contributed by atoms with Crippen LogP contribution in [-0.2, 0) is 9.53 Å². The van der Waals surface area contributed by atoms with E-state index in [4.69, 9.17) is 10.5 Å². The molecular formula is C17H19F2N5O2. The summed E-state index contributed by atoms with van der Waals surface area (Å²) in [6, 6.07) is 3.08. The zero-order valence-electron chi connectivity index (χ0n) is 14.2. The summed E-state index contributed by atoms with van der Waals surface area (Å²) in [5.74, 6) is -0.878. The lowest BCUT2D eigenvalue weighted by molar-refractivity contribution is -0.146. The highest BCUT2D eigenvalue weighted by Gasteiger charge is 2.27. The fourth-order valence-corrected chi connectivity index (χ4v) is 2.95. The second-order valence-electron chi connectivity index (χ2n) is 5.99. The van der Waals surface area contributed by atoms with E-state index >= 15 is 0 Å². The number of halogens is 2. The Hall–Kier alpha value is -2.97. The lowest BCUT2D eigenvalue weighted by atomic mass is 9.97. The third-order valence-electron chi connectivity index (χ3n) is 4.37. The molecule has 0 amide bonds. The number of carbonyl (C=O) groups excluding carboxylic acids is 1. The molecule has 0 atom stereocenters. The Balaban J connectivity index is 1.78. The lowest BCUT2D eigenvalue weighted by Crippen LogP contribution is -2.37. The van der Waals surface area contributed by atoms with Crippen molar-refractivity contribution < 1.29 is 18.3 Å². The minimum atomic E-state index is -0.621. The van der Waals surface area contributed by atoms with Gasteiger partial charge in [0.25, 0.3) is 0 Å². The predicted octanol–water partition coefficient (Wildman–Crippen LogP) is 2.47. The first-order chi connectivity index (χ1) is 12.5. The third kappa shape index (κ3) is 3.66. The van der Waals surface area contributed by atoms with Gasteiger partial charge in [-0.25, -0.2) is 18.7 Å². The second kappa shape index (κ2) is 7.51. The molecule has 1 aromatic carbocycles. The summed E-state index contributed by atoms with van der Waals surface area (Å²) in [5, 5.41) is 2.71. The Morgan fingerprint density at radius 2 is 2.04 bits per heavy atom. The number of anilines is 4. The number of benzene rings is 1. The summed E-state index contributed by atoms with van der Waals surface area (Å²) in [4.78, 5) is 21.8. The zero-order valence-corrected chi connectivity index (χ0v) is 14.2. The largest absolute Gasteiger partial charge is 0.469 e. The second-order valence-corrected chi connectivity index (χ2v) is 5.99. The van der Waals surface area contributed by atoms with Gasteiger partial charge in [0.15, 0.2) is 11.6 Å². The zero-order chi connectivity index (χ0) is 18.7. The summed E-state index contributed by atoms with van der Waals surface area (Å²) >= 11 is 0. The first kappa shape index (κ1) is 17.8. The van der Waals surface area contributed by atoms with Gasteiger partial charge in [0.05, 0.1) is 18.7 Å². The molecule has 138 valence electrons. The smallest absolute Gasteiger partial charge is 0.308 e. The molecule has 0 unspecified atom stereocenters. The summed E-state index contributed by atoms with van der Waals surface area (Å²) in [5.41, 5.74) is 6.30. The van der Waals surface area contributed by atoms with Crippen LogP contribution in [0.15, 0.2) is 24.5 Å². The molecule has 1 aromatic heterocycles. The van der Waals surface area contributed by atoms with Gasteiger partial charge in [-0.1, -0.05) is 0 Å². The molecular weight excluding hydrogens is 344 g/mol. The van der Waals surface area contributed by atoms with E-state index in [2.05, 4.69) is 15.3 Å². The number of esters is 1. The summed E-state index contributed by atoms with van der Waals surface area (Å²) in [7, 11) is 1.38. The van der Waals surface area contributed by atoms with Crippen LogP contribution in [0.1, 0.15) is 12.8 Å². The van der Waals surface area contributed by atoms with E-state index in [9.17, 15) is 13.6 Å². The fourth-order valence-electron chi connectivity index (χ4n) is 2.95. The number of nitrogens with one attached hydrogen (secondary N) is 1. The first-order valence-corrected chi connectivity index (χ1v) is 8.15. The number of methoxy groups -OCH3 is 1. The number of hydrogen-bond donors (Lipinski definition) is 2. The SMILES string of the molecule is COC(=O)C1CCN(c2ncnc(Nc3cc(F)ccc3F)c2N)CC1. The van der Waals surface area contributed by atoms with Crippen LogP contribution in [0.3, 0.4) is 0 Å². The summed E-state index contributed by atoms with van der Waals surface area (Å²) < 4.78 is 31.9. The van der Waals surface area contributed by atoms with Crippen LogP contribution in [0.2, 0.25) is 0 Å². The maximum absolute atomic E-state index is 13.8. The monoisotopic (exact) mass is 363 g/mol. The van der Waals surface area contributed by atoms with Crippen LogP contribution >= 0.6 is 0 Å². The van der Waals surface area contributed by atoms with E-state index in [0.29, 0.717) is 31.7 Å². The number of hydrogen-bond acceptors (Lipinski definition) is 7. The Morgan fingerprint density at radius 1 is 1.31 bits per heavy atom. The van der Waals surface area contributed by atoms with Crippen LogP contribution in [0.5, 0.6) is 0 Å². The lowest BCUT2D eigenvalue weighted by Gasteiger charge is -2.32. The molecule has 2 heterocycles. The molecule has 0 radical (unpaired) electrons. The van der Waals surface area contributed by atoms with Gasteiger partial charge in [0.1, 0.15) is 23.6 Å². The summed E-state index contributed by atoms with van der Waals surface area (Å²) in [6.07, 6.45) is 2.55. The predicted molar refractivity (Wildman–Crippen MR) is 93.0 cm³/mol. The van der Waals surface area contributed by atoms with Gasteiger partial charge >= 0.3 is 5.97 Å². The van der Waals surface area contributed by atoms with Crippen molar-refractivity contribution in [3.63, 3.8) is 0 Å². The Labute approximate surface area is 149 Å². The first-order valence-electron chi connectivity index (χ1n) is 8.15. The molecule has 0 saturated carbocycles. The number of aromatic nitrogens is 2. The highest BCUT2D eigenvalue weighted by Crippen LogP contribution is 2.32. The number of piperidine rings is 1. The maximum atomic E-state index is 13.8. The van der Waals surface area contributed by atoms with Crippen molar-refractivity contribution in [2.75, 3.05) is 36.1 Å². The molecule has 1 aliphatic rings. The molecule has 2 aromatic rings. The van der Waals surface area contributed by atoms with Crippen LogP contribution in [-0.4, -0.2) is 36.1 Å². The van der Waals surface area contributed by atoms with E-state index in [1.54, 1.807) is 0 Å². The van der Waals surface area contributed by atoms with E-state index in [1.165, 1.54) is 13.4 Å². The number of nitrogens with zero attached hydrogens (tertiary/aromatic N) is 3. The molecule has 0 bridgehead atoms. The average Bonchev–Trinajstić information content (AvgIpc) is 2.66. The normalized spacial score (nSPS) is 15.0.